The van der Waals surface area contributed by atoms with Gasteiger partial charge in [-0.1, -0.05) is 30.3 Å². The van der Waals surface area contributed by atoms with Crippen LogP contribution in [0.3, 0.4) is 0 Å². The number of aliphatic hydroxyl groups excluding tert-OH is 1. The molecule has 1 fully saturated rings. The zero-order valence-electron chi connectivity index (χ0n) is 17.6. The van der Waals surface area contributed by atoms with Gasteiger partial charge in [-0.2, -0.15) is 0 Å². The van der Waals surface area contributed by atoms with Crippen LogP contribution in [0.2, 0.25) is 0 Å². The van der Waals surface area contributed by atoms with Crippen molar-refractivity contribution in [1.29, 1.82) is 0 Å². The summed E-state index contributed by atoms with van der Waals surface area (Å²) in [5.41, 5.74) is 1.23. The molecule has 3 aromatic rings. The van der Waals surface area contributed by atoms with Gasteiger partial charge in [0.05, 0.1) is 24.8 Å². The van der Waals surface area contributed by atoms with Crippen molar-refractivity contribution in [2.24, 2.45) is 0 Å². The van der Waals surface area contributed by atoms with Crippen LogP contribution in [0.5, 0.6) is 5.75 Å². The Morgan fingerprint density at radius 1 is 1.19 bits per heavy atom. The molecule has 7 heteroatoms. The predicted octanol–water partition coefficient (Wildman–Crippen LogP) is 4.20. The smallest absolute Gasteiger partial charge is 0.290 e. The van der Waals surface area contributed by atoms with Gasteiger partial charge in [-0.3, -0.25) is 9.59 Å². The van der Waals surface area contributed by atoms with Crippen LogP contribution in [-0.4, -0.2) is 48.1 Å². The number of fused-ring (bicyclic) bond motifs is 1. The minimum atomic E-state index is -0.775. The number of furan rings is 1. The van der Waals surface area contributed by atoms with Gasteiger partial charge in [0.1, 0.15) is 11.3 Å². The van der Waals surface area contributed by atoms with Crippen molar-refractivity contribution in [3.05, 3.63) is 77.3 Å². The number of rotatable bonds is 6. The highest BCUT2D eigenvalue weighted by Crippen LogP contribution is 2.41. The highest BCUT2D eigenvalue weighted by atomic mass is 16.5. The zero-order valence-corrected chi connectivity index (χ0v) is 17.6. The van der Waals surface area contributed by atoms with Gasteiger partial charge in [0.2, 0.25) is 5.78 Å². The fourth-order valence-corrected chi connectivity index (χ4v) is 4.47. The lowest BCUT2D eigenvalue weighted by atomic mass is 9.94. The molecule has 2 atom stereocenters. The maximum Gasteiger partial charge on any atom is 0.290 e. The minimum Gasteiger partial charge on any atom is -0.503 e. The molecule has 2 aliphatic rings. The van der Waals surface area contributed by atoms with E-state index in [0.717, 1.165) is 18.2 Å². The van der Waals surface area contributed by atoms with Crippen molar-refractivity contribution < 1.29 is 28.6 Å². The molecule has 0 bridgehead atoms. The fourth-order valence-electron chi connectivity index (χ4n) is 4.47. The summed E-state index contributed by atoms with van der Waals surface area (Å²) >= 11 is 0. The molecule has 32 heavy (non-hydrogen) atoms. The van der Waals surface area contributed by atoms with Gasteiger partial charge in [-0.25, -0.2) is 0 Å². The minimum absolute atomic E-state index is 0.000283. The molecule has 2 unspecified atom stereocenters. The Kier molecular flexibility index (Phi) is 5.19. The number of para-hydroxylation sites is 1. The second-order valence-electron chi connectivity index (χ2n) is 8.01. The molecule has 1 amide bonds. The summed E-state index contributed by atoms with van der Waals surface area (Å²) in [5.74, 6) is -0.995. The number of ketones is 1. The molecule has 5 rings (SSSR count). The van der Waals surface area contributed by atoms with Gasteiger partial charge in [0, 0.05) is 18.5 Å². The van der Waals surface area contributed by atoms with Gasteiger partial charge < -0.3 is 23.9 Å². The first-order chi connectivity index (χ1) is 15.6. The first-order valence-electron chi connectivity index (χ1n) is 10.6. The normalized spacial score (nSPS) is 21.0. The number of Topliss-reactive ketones (excluding diaryl/α,β-unsaturated/α-hetero) is 1. The van der Waals surface area contributed by atoms with Gasteiger partial charge >= 0.3 is 0 Å². The van der Waals surface area contributed by atoms with Crippen molar-refractivity contribution in [3.8, 4) is 5.75 Å². The van der Waals surface area contributed by atoms with Gasteiger partial charge in [-0.05, 0) is 42.7 Å². The molecule has 0 aliphatic carbocycles. The zero-order chi connectivity index (χ0) is 22.2. The molecule has 2 aromatic carbocycles. The van der Waals surface area contributed by atoms with E-state index in [4.69, 9.17) is 13.9 Å². The van der Waals surface area contributed by atoms with Crippen molar-refractivity contribution in [1.82, 2.24) is 4.90 Å². The van der Waals surface area contributed by atoms with Crippen molar-refractivity contribution >= 4 is 22.7 Å². The molecule has 0 saturated carbocycles. The molecule has 7 nitrogen and oxygen atoms in total. The molecule has 0 spiro atoms. The summed E-state index contributed by atoms with van der Waals surface area (Å²) in [5, 5.41) is 11.6. The molecular weight excluding hydrogens is 410 g/mol. The molecule has 2 aliphatic heterocycles. The van der Waals surface area contributed by atoms with Crippen LogP contribution in [0.4, 0.5) is 0 Å². The summed E-state index contributed by atoms with van der Waals surface area (Å²) < 4.78 is 16.8. The summed E-state index contributed by atoms with van der Waals surface area (Å²) in [7, 11) is 1.55. The van der Waals surface area contributed by atoms with Crippen molar-refractivity contribution in [2.75, 3.05) is 20.3 Å². The Morgan fingerprint density at radius 2 is 2.03 bits per heavy atom. The summed E-state index contributed by atoms with van der Waals surface area (Å²) in [4.78, 5) is 28.1. The molecule has 164 valence electrons. The van der Waals surface area contributed by atoms with Gasteiger partial charge in [-0.15, -0.1) is 0 Å². The van der Waals surface area contributed by atoms with E-state index in [0.29, 0.717) is 23.5 Å². The van der Waals surface area contributed by atoms with Crippen LogP contribution >= 0.6 is 0 Å². The number of hydrogen-bond donors (Lipinski definition) is 1. The van der Waals surface area contributed by atoms with E-state index in [1.54, 1.807) is 37.4 Å². The number of ether oxygens (including phenoxy) is 2. The maximum absolute atomic E-state index is 13.5. The van der Waals surface area contributed by atoms with Gasteiger partial charge in [0.15, 0.2) is 11.5 Å². The number of carbonyl (C=O) groups excluding carboxylic acids is 2. The largest absolute Gasteiger partial charge is 0.503 e. The summed E-state index contributed by atoms with van der Waals surface area (Å²) in [6.07, 6.45) is 1.60. The van der Waals surface area contributed by atoms with Crippen LogP contribution in [0, 0.1) is 0 Å². The number of methoxy groups -OCH3 is 1. The van der Waals surface area contributed by atoms with Crippen LogP contribution in [0.15, 0.2) is 70.3 Å². The Balaban J connectivity index is 1.58. The van der Waals surface area contributed by atoms with Crippen molar-refractivity contribution in [3.63, 3.8) is 0 Å². The topological polar surface area (TPSA) is 89.2 Å². The first kappa shape index (κ1) is 20.3. The lowest BCUT2D eigenvalue weighted by Gasteiger charge is -2.29. The number of carbonyl (C=O) groups is 2. The number of benzene rings is 2. The van der Waals surface area contributed by atoms with E-state index in [2.05, 4.69) is 0 Å². The third kappa shape index (κ3) is 3.44. The van der Waals surface area contributed by atoms with Crippen LogP contribution in [-0.2, 0) is 9.53 Å². The Bertz CT molecular complexity index is 1190. The third-order valence-electron chi connectivity index (χ3n) is 6.03. The highest BCUT2D eigenvalue weighted by molar-refractivity contribution is 6.16. The van der Waals surface area contributed by atoms with E-state index in [-0.39, 0.29) is 24.0 Å². The van der Waals surface area contributed by atoms with E-state index >= 15 is 0 Å². The van der Waals surface area contributed by atoms with E-state index in [9.17, 15) is 14.7 Å². The Morgan fingerprint density at radius 3 is 2.78 bits per heavy atom. The first-order valence-corrected chi connectivity index (χ1v) is 10.6. The maximum atomic E-state index is 13.5. The van der Waals surface area contributed by atoms with Crippen LogP contribution in [0.25, 0.3) is 11.0 Å². The number of hydrogen-bond acceptors (Lipinski definition) is 6. The summed E-state index contributed by atoms with van der Waals surface area (Å²) in [6, 6.07) is 15.3. The average Bonchev–Trinajstić information content (AvgIpc) is 3.54. The second kappa shape index (κ2) is 8.16. The number of amides is 1. The lowest BCUT2D eigenvalue weighted by Crippen LogP contribution is -2.37. The molecule has 0 radical (unpaired) electrons. The standard InChI is InChI=1S/C25H23NO6/c1-30-17-8-4-7-16(12-17)22-21(23(27)20-13-15-6-2-3-10-19(15)32-20)24(28)25(29)26(22)14-18-9-5-11-31-18/h2-4,6-8,10,12-13,18,22,28H,5,9,11,14H2,1H3. The number of nitrogens with zero attached hydrogens (tertiary/aromatic N) is 1. The van der Waals surface area contributed by atoms with Gasteiger partial charge in [0.25, 0.3) is 5.91 Å². The van der Waals surface area contributed by atoms with Crippen molar-refractivity contribution in [2.45, 2.75) is 25.0 Å². The predicted molar refractivity (Wildman–Crippen MR) is 117 cm³/mol. The van der Waals surface area contributed by atoms with E-state index in [1.807, 2.05) is 24.3 Å². The van der Waals surface area contributed by atoms with Crippen LogP contribution < -0.4 is 4.74 Å². The lowest BCUT2D eigenvalue weighted by molar-refractivity contribution is -0.131. The third-order valence-corrected chi connectivity index (χ3v) is 6.03. The second-order valence-corrected chi connectivity index (χ2v) is 8.01. The monoisotopic (exact) mass is 433 g/mol. The molecule has 1 saturated heterocycles. The molecule has 3 heterocycles. The van der Waals surface area contributed by atoms with E-state index in [1.165, 1.54) is 4.90 Å². The molecule has 1 N–H and O–H groups in total. The fraction of sp³-hybridized carbons (Fsp3) is 0.280. The SMILES string of the molecule is COc1cccc(C2C(C(=O)c3cc4ccccc4o3)=C(O)C(=O)N2CC2CCCO2)c1. The Labute approximate surface area is 184 Å². The van der Waals surface area contributed by atoms with E-state index < -0.39 is 23.5 Å². The highest BCUT2D eigenvalue weighted by Gasteiger charge is 2.45. The summed E-state index contributed by atoms with van der Waals surface area (Å²) in [6.45, 7) is 0.919. The molecular formula is C25H23NO6. The number of aliphatic hydroxyl groups is 1. The Hall–Kier alpha value is -3.58. The molecule has 1 aromatic heterocycles. The average molecular weight is 433 g/mol. The quantitative estimate of drug-likeness (QED) is 0.586. The van der Waals surface area contributed by atoms with Crippen LogP contribution in [0.1, 0.15) is 35.0 Å².